The average Bonchev–Trinajstić information content (AvgIpc) is 2.76. The summed E-state index contributed by atoms with van der Waals surface area (Å²) in [7, 11) is -1.25. The summed E-state index contributed by atoms with van der Waals surface area (Å²) in [6.07, 6.45) is 0. The predicted octanol–water partition coefficient (Wildman–Crippen LogP) is 3.94. The van der Waals surface area contributed by atoms with E-state index in [0.29, 0.717) is 21.3 Å². The number of para-hydroxylation sites is 1. The number of carbonyl (C=O) groups is 2. The third kappa shape index (κ3) is 7.57. The lowest BCUT2D eigenvalue weighted by atomic mass is 10.1. The molecule has 2 rings (SSSR count). The number of amides is 2. The minimum Gasteiger partial charge on any atom is -0.350 e. The molecule has 0 heterocycles. The molecular weight excluding hydrogens is 511 g/mol. The quantitative estimate of drug-likeness (QED) is 0.519. The Hall–Kier alpha value is -2.33. The number of anilines is 1. The zero-order valence-electron chi connectivity index (χ0n) is 20.7. The summed E-state index contributed by atoms with van der Waals surface area (Å²) >= 11 is 12.7. The molecule has 2 aromatic carbocycles. The Morgan fingerprint density at radius 2 is 1.51 bits per heavy atom. The predicted molar refractivity (Wildman–Crippen MR) is 141 cm³/mol. The summed E-state index contributed by atoms with van der Waals surface area (Å²) in [6, 6.07) is 12.3. The van der Waals surface area contributed by atoms with Gasteiger partial charge in [-0.05, 0) is 52.0 Å². The molecule has 1 N–H and O–H groups in total. The second-order valence-electron chi connectivity index (χ2n) is 9.27. The zero-order chi connectivity index (χ0) is 26.6. The van der Waals surface area contributed by atoms with E-state index in [4.69, 9.17) is 23.2 Å². The van der Waals surface area contributed by atoms with Gasteiger partial charge in [-0.1, -0.05) is 47.5 Å². The van der Waals surface area contributed by atoms with Crippen molar-refractivity contribution in [2.45, 2.75) is 45.8 Å². The van der Waals surface area contributed by atoms with Gasteiger partial charge in [-0.3, -0.25) is 9.59 Å². The van der Waals surface area contributed by atoms with Crippen LogP contribution >= 0.6 is 23.2 Å². The summed E-state index contributed by atoms with van der Waals surface area (Å²) in [5.41, 5.74) is 0.241. The maximum Gasteiger partial charge on any atom is 0.304 e. The van der Waals surface area contributed by atoms with Crippen molar-refractivity contribution in [1.29, 1.82) is 0 Å². The molecule has 0 saturated heterocycles. The first kappa shape index (κ1) is 28.9. The number of nitrogens with zero attached hydrogens (tertiary/aromatic N) is 3. The van der Waals surface area contributed by atoms with Crippen molar-refractivity contribution >= 4 is 50.9 Å². The van der Waals surface area contributed by atoms with E-state index >= 15 is 0 Å². The normalized spacial score (nSPS) is 12.8. The summed E-state index contributed by atoms with van der Waals surface area (Å²) in [6.45, 7) is 6.46. The molecular formula is C24H32Cl2N4O4S. The van der Waals surface area contributed by atoms with Gasteiger partial charge >= 0.3 is 10.2 Å². The summed E-state index contributed by atoms with van der Waals surface area (Å²) in [5.74, 6) is -0.984. The summed E-state index contributed by atoms with van der Waals surface area (Å²) < 4.78 is 28.2. The fourth-order valence-electron chi connectivity index (χ4n) is 3.22. The molecule has 0 radical (unpaired) electrons. The Labute approximate surface area is 218 Å². The molecule has 11 heteroatoms. The molecule has 0 aliphatic carbocycles. The van der Waals surface area contributed by atoms with E-state index in [0.717, 1.165) is 8.61 Å². The van der Waals surface area contributed by atoms with Gasteiger partial charge in [0.25, 0.3) is 0 Å². The molecule has 35 heavy (non-hydrogen) atoms. The van der Waals surface area contributed by atoms with Gasteiger partial charge in [0.05, 0.1) is 5.69 Å². The Bertz CT molecular complexity index is 1130. The molecule has 8 nitrogen and oxygen atoms in total. The van der Waals surface area contributed by atoms with E-state index in [9.17, 15) is 18.0 Å². The highest BCUT2D eigenvalue weighted by molar-refractivity contribution is 7.90. The fraction of sp³-hybridized carbons (Fsp3) is 0.417. The van der Waals surface area contributed by atoms with Crippen LogP contribution in [-0.2, 0) is 26.3 Å². The van der Waals surface area contributed by atoms with Gasteiger partial charge in [0.1, 0.15) is 12.6 Å². The van der Waals surface area contributed by atoms with E-state index in [1.165, 1.54) is 19.0 Å². The summed E-state index contributed by atoms with van der Waals surface area (Å²) in [4.78, 5) is 28.0. The first-order valence-corrected chi connectivity index (χ1v) is 13.1. The van der Waals surface area contributed by atoms with Gasteiger partial charge in [-0.2, -0.15) is 12.7 Å². The van der Waals surface area contributed by atoms with E-state index in [2.05, 4.69) is 5.32 Å². The minimum atomic E-state index is -4.02. The fourth-order valence-corrected chi connectivity index (χ4v) is 4.79. The lowest BCUT2D eigenvalue weighted by Gasteiger charge is -2.34. The number of hydrogen-bond donors (Lipinski definition) is 1. The lowest BCUT2D eigenvalue weighted by molar-refractivity contribution is -0.140. The average molecular weight is 544 g/mol. The zero-order valence-corrected chi connectivity index (χ0v) is 23.1. The maximum absolute atomic E-state index is 13.7. The van der Waals surface area contributed by atoms with Crippen LogP contribution in [0, 0.1) is 0 Å². The maximum atomic E-state index is 13.7. The Balaban J connectivity index is 2.50. The van der Waals surface area contributed by atoms with Gasteiger partial charge in [-0.25, -0.2) is 4.31 Å². The first-order valence-electron chi connectivity index (χ1n) is 10.9. The number of benzene rings is 2. The standard InChI is InChI=1S/C24H32Cl2N4O4S/c1-17(23(32)27-24(2,3)4)29(15-19-20(25)13-10-14-21(19)26)22(31)16-30(35(33,34)28(5)6)18-11-8-7-9-12-18/h7-14,17H,15-16H2,1-6H3,(H,27,32). The van der Waals surface area contributed by atoms with Gasteiger partial charge < -0.3 is 10.2 Å². The molecule has 0 aliphatic rings. The van der Waals surface area contributed by atoms with Gasteiger partial charge in [-0.15, -0.1) is 0 Å². The van der Waals surface area contributed by atoms with Gasteiger partial charge in [0.2, 0.25) is 11.8 Å². The number of nitrogens with one attached hydrogen (secondary N) is 1. The Kier molecular flexibility index (Phi) is 9.58. The SMILES string of the molecule is CC(C(=O)NC(C)(C)C)N(Cc1c(Cl)cccc1Cl)C(=O)CN(c1ccccc1)S(=O)(=O)N(C)C. The monoisotopic (exact) mass is 542 g/mol. The number of hydrogen-bond acceptors (Lipinski definition) is 4. The highest BCUT2D eigenvalue weighted by Crippen LogP contribution is 2.27. The van der Waals surface area contributed by atoms with Crippen LogP contribution in [-0.4, -0.2) is 61.7 Å². The van der Waals surface area contributed by atoms with Gasteiger partial charge in [0.15, 0.2) is 0 Å². The van der Waals surface area contributed by atoms with Crippen LogP contribution in [0.1, 0.15) is 33.3 Å². The Morgan fingerprint density at radius 3 is 2.00 bits per heavy atom. The highest BCUT2D eigenvalue weighted by Gasteiger charge is 2.33. The van der Waals surface area contributed by atoms with Crippen LogP contribution in [0.5, 0.6) is 0 Å². The van der Waals surface area contributed by atoms with Crippen molar-refractivity contribution in [1.82, 2.24) is 14.5 Å². The number of halogens is 2. The van der Waals surface area contributed by atoms with E-state index in [-0.39, 0.29) is 6.54 Å². The van der Waals surface area contributed by atoms with Crippen LogP contribution in [0.2, 0.25) is 10.0 Å². The van der Waals surface area contributed by atoms with Crippen LogP contribution in [0.3, 0.4) is 0 Å². The van der Waals surface area contributed by atoms with Crippen LogP contribution in [0.4, 0.5) is 5.69 Å². The lowest BCUT2D eigenvalue weighted by Crippen LogP contribution is -2.55. The molecule has 1 atom stereocenters. The molecule has 0 spiro atoms. The molecule has 0 aromatic heterocycles. The molecule has 2 aromatic rings. The molecule has 0 aliphatic heterocycles. The van der Waals surface area contributed by atoms with Crippen LogP contribution in [0.15, 0.2) is 48.5 Å². The molecule has 192 valence electrons. The molecule has 1 unspecified atom stereocenters. The van der Waals surface area contributed by atoms with E-state index < -0.39 is 40.1 Å². The van der Waals surface area contributed by atoms with Crippen molar-refractivity contribution in [3.63, 3.8) is 0 Å². The van der Waals surface area contributed by atoms with Crippen molar-refractivity contribution in [3.05, 3.63) is 64.1 Å². The van der Waals surface area contributed by atoms with Crippen molar-refractivity contribution < 1.29 is 18.0 Å². The first-order chi connectivity index (χ1) is 16.1. The summed E-state index contributed by atoms with van der Waals surface area (Å²) in [5, 5.41) is 3.53. The third-order valence-corrected chi connectivity index (χ3v) is 7.65. The molecule has 0 saturated carbocycles. The van der Waals surface area contributed by atoms with Crippen LogP contribution < -0.4 is 9.62 Å². The topological polar surface area (TPSA) is 90.0 Å². The molecule has 0 bridgehead atoms. The van der Waals surface area contributed by atoms with Crippen molar-refractivity contribution in [3.8, 4) is 0 Å². The highest BCUT2D eigenvalue weighted by atomic mass is 35.5. The second-order valence-corrected chi connectivity index (χ2v) is 12.2. The Morgan fingerprint density at radius 1 is 0.971 bits per heavy atom. The number of rotatable bonds is 9. The van der Waals surface area contributed by atoms with Gasteiger partial charge in [0, 0.05) is 41.8 Å². The second kappa shape index (κ2) is 11.6. The van der Waals surface area contributed by atoms with Crippen molar-refractivity contribution in [2.75, 3.05) is 24.9 Å². The molecule has 2 amide bonds. The van der Waals surface area contributed by atoms with E-state index in [1.807, 2.05) is 20.8 Å². The largest absolute Gasteiger partial charge is 0.350 e. The van der Waals surface area contributed by atoms with Crippen LogP contribution in [0.25, 0.3) is 0 Å². The molecule has 0 fully saturated rings. The third-order valence-electron chi connectivity index (χ3n) is 5.12. The van der Waals surface area contributed by atoms with Crippen molar-refractivity contribution in [2.24, 2.45) is 0 Å². The smallest absolute Gasteiger partial charge is 0.304 e. The number of carbonyl (C=O) groups excluding carboxylic acids is 2. The minimum absolute atomic E-state index is 0.0826. The van der Waals surface area contributed by atoms with E-state index in [1.54, 1.807) is 55.5 Å².